The molecule has 2 rings (SSSR count). The first kappa shape index (κ1) is 22.2. The van der Waals surface area contributed by atoms with Crippen molar-refractivity contribution in [3.63, 3.8) is 0 Å². The second kappa shape index (κ2) is 10.4. The zero-order valence-corrected chi connectivity index (χ0v) is 18.4. The number of unbranched alkanes of at least 4 members (excludes halogenated alkanes) is 2. The highest BCUT2D eigenvalue weighted by Crippen LogP contribution is 2.36. The molecule has 0 fully saturated rings. The van der Waals surface area contributed by atoms with Gasteiger partial charge in [0.15, 0.2) is 0 Å². The topological polar surface area (TPSA) is 76.4 Å². The molecule has 0 atom stereocenters. The summed E-state index contributed by atoms with van der Waals surface area (Å²) in [6.45, 7) is 8.38. The highest BCUT2D eigenvalue weighted by Gasteiger charge is 2.25. The zero-order valence-electron chi connectivity index (χ0n) is 16.8. The highest BCUT2D eigenvalue weighted by atomic mass is 32.2. The van der Waals surface area contributed by atoms with Crippen LogP contribution in [0.2, 0.25) is 0 Å². The van der Waals surface area contributed by atoms with Crippen LogP contribution in [0.1, 0.15) is 55.5 Å². The summed E-state index contributed by atoms with van der Waals surface area (Å²) in [6, 6.07) is 2.22. The van der Waals surface area contributed by atoms with Crippen LogP contribution in [0.5, 0.6) is 0 Å². The van der Waals surface area contributed by atoms with Gasteiger partial charge in [0, 0.05) is 24.5 Å². The van der Waals surface area contributed by atoms with Crippen molar-refractivity contribution < 1.29 is 8.42 Å². The first-order valence-electron chi connectivity index (χ1n) is 9.86. The molecular formula is C19H32N4O2S2. The Morgan fingerprint density at radius 2 is 1.89 bits per heavy atom. The number of nitrogens with one attached hydrogen (secondary N) is 1. The molecule has 2 heterocycles. The molecule has 1 aliphatic rings. The largest absolute Gasteiger partial charge is 0.302 e. The summed E-state index contributed by atoms with van der Waals surface area (Å²) in [5.74, 6) is 0.0633. The van der Waals surface area contributed by atoms with Gasteiger partial charge in [-0.2, -0.15) is 5.26 Å². The van der Waals surface area contributed by atoms with Crippen molar-refractivity contribution in [2.24, 2.45) is 0 Å². The van der Waals surface area contributed by atoms with Crippen molar-refractivity contribution in [1.82, 2.24) is 9.80 Å². The van der Waals surface area contributed by atoms with Crippen molar-refractivity contribution in [3.05, 3.63) is 16.0 Å². The summed E-state index contributed by atoms with van der Waals surface area (Å²) in [4.78, 5) is 5.54. The molecule has 1 aliphatic heterocycles. The van der Waals surface area contributed by atoms with Crippen molar-refractivity contribution in [2.45, 2.75) is 52.5 Å². The summed E-state index contributed by atoms with van der Waals surface area (Å²) < 4.78 is 28.0. The molecule has 0 spiro atoms. The van der Waals surface area contributed by atoms with Crippen LogP contribution in [0.15, 0.2) is 0 Å². The van der Waals surface area contributed by atoms with E-state index in [-0.39, 0.29) is 5.75 Å². The van der Waals surface area contributed by atoms with Crippen LogP contribution in [0.3, 0.4) is 0 Å². The van der Waals surface area contributed by atoms with Crippen molar-refractivity contribution in [3.8, 4) is 6.07 Å². The predicted molar refractivity (Wildman–Crippen MR) is 113 cm³/mol. The Labute approximate surface area is 168 Å². The molecule has 0 unspecified atom stereocenters. The van der Waals surface area contributed by atoms with Gasteiger partial charge in [-0.3, -0.25) is 4.72 Å². The third-order valence-corrected chi connectivity index (χ3v) is 7.44. The maximum absolute atomic E-state index is 12.6. The Morgan fingerprint density at radius 1 is 1.22 bits per heavy atom. The van der Waals surface area contributed by atoms with Crippen molar-refractivity contribution in [2.75, 3.05) is 43.7 Å². The molecule has 0 aromatic carbocycles. The molecule has 0 radical (unpaired) electrons. The van der Waals surface area contributed by atoms with E-state index in [1.165, 1.54) is 11.3 Å². The smallest absolute Gasteiger partial charge is 0.234 e. The number of nitrogens with zero attached hydrogens (tertiary/aromatic N) is 3. The Morgan fingerprint density at radius 3 is 2.48 bits per heavy atom. The Hall–Kier alpha value is -1.14. The minimum absolute atomic E-state index is 0.0633. The lowest BCUT2D eigenvalue weighted by Gasteiger charge is -2.21. The van der Waals surface area contributed by atoms with E-state index < -0.39 is 10.0 Å². The number of thiophene rings is 1. The molecule has 0 bridgehead atoms. The van der Waals surface area contributed by atoms with Gasteiger partial charge in [-0.15, -0.1) is 11.3 Å². The van der Waals surface area contributed by atoms with E-state index in [0.717, 1.165) is 68.7 Å². The standard InChI is InChI=1S/C19H32N4O2S2/c1-4-6-9-23(10-7-5-2)12-13-27(24,25)21-19-17(14-20)16-8-11-22(3)15-18(16)26-19/h21H,4-13,15H2,1-3H3. The molecular weight excluding hydrogens is 380 g/mol. The molecule has 0 amide bonds. The predicted octanol–water partition coefficient (Wildman–Crippen LogP) is 3.25. The van der Waals surface area contributed by atoms with Gasteiger partial charge < -0.3 is 9.80 Å². The van der Waals surface area contributed by atoms with Gasteiger partial charge in [0.2, 0.25) is 10.0 Å². The third-order valence-electron chi connectivity index (χ3n) is 4.94. The van der Waals surface area contributed by atoms with Crippen molar-refractivity contribution in [1.29, 1.82) is 5.26 Å². The molecule has 0 saturated carbocycles. The van der Waals surface area contributed by atoms with Gasteiger partial charge in [0.1, 0.15) is 11.1 Å². The van der Waals surface area contributed by atoms with E-state index in [1.54, 1.807) is 0 Å². The average Bonchev–Trinajstić information content (AvgIpc) is 2.96. The molecule has 0 saturated heterocycles. The fraction of sp³-hybridized carbons (Fsp3) is 0.737. The maximum Gasteiger partial charge on any atom is 0.234 e. The van der Waals surface area contributed by atoms with Gasteiger partial charge in [0.25, 0.3) is 0 Å². The van der Waals surface area contributed by atoms with Crippen LogP contribution in [0.25, 0.3) is 0 Å². The van der Waals surface area contributed by atoms with Crippen LogP contribution in [0.4, 0.5) is 5.00 Å². The summed E-state index contributed by atoms with van der Waals surface area (Å²) in [7, 11) is -1.43. The van der Waals surface area contributed by atoms with Crippen LogP contribution >= 0.6 is 11.3 Å². The first-order chi connectivity index (χ1) is 12.9. The van der Waals surface area contributed by atoms with E-state index in [4.69, 9.17) is 0 Å². The molecule has 27 heavy (non-hydrogen) atoms. The monoisotopic (exact) mass is 412 g/mol. The SMILES string of the molecule is CCCCN(CCCC)CCS(=O)(=O)Nc1sc2c(c1C#N)CCN(C)C2. The molecule has 8 heteroatoms. The third kappa shape index (κ3) is 6.46. The van der Waals surface area contributed by atoms with Crippen LogP contribution < -0.4 is 4.72 Å². The fourth-order valence-electron chi connectivity index (χ4n) is 3.26. The quantitative estimate of drug-likeness (QED) is 0.604. The second-order valence-corrected chi connectivity index (χ2v) is 10.2. The maximum atomic E-state index is 12.6. The number of hydrogen-bond donors (Lipinski definition) is 1. The molecule has 0 aliphatic carbocycles. The van der Waals surface area contributed by atoms with E-state index >= 15 is 0 Å². The van der Waals surface area contributed by atoms with Gasteiger partial charge in [-0.25, -0.2) is 8.42 Å². The Balaban J connectivity index is 2.04. The highest BCUT2D eigenvalue weighted by molar-refractivity contribution is 7.92. The summed E-state index contributed by atoms with van der Waals surface area (Å²) in [6.07, 6.45) is 5.18. The average molecular weight is 413 g/mol. The van der Waals surface area contributed by atoms with Crippen LogP contribution in [-0.4, -0.2) is 57.2 Å². The summed E-state index contributed by atoms with van der Waals surface area (Å²) >= 11 is 1.41. The molecule has 1 aromatic heterocycles. The minimum atomic E-state index is -3.47. The number of hydrogen-bond acceptors (Lipinski definition) is 6. The Bertz CT molecular complexity index is 744. The van der Waals surface area contributed by atoms with Crippen molar-refractivity contribution >= 4 is 26.4 Å². The minimum Gasteiger partial charge on any atom is -0.302 e. The normalized spacial score (nSPS) is 14.9. The number of likely N-dealkylation sites (N-methyl/N-ethyl adjacent to an activating group) is 1. The van der Waals surface area contributed by atoms with E-state index in [1.807, 2.05) is 7.05 Å². The molecule has 1 N–H and O–H groups in total. The van der Waals surface area contributed by atoms with Gasteiger partial charge in [-0.1, -0.05) is 26.7 Å². The van der Waals surface area contributed by atoms with E-state index in [9.17, 15) is 13.7 Å². The zero-order chi connectivity index (χ0) is 19.9. The Kier molecular flexibility index (Phi) is 8.55. The number of sulfonamides is 1. The first-order valence-corrected chi connectivity index (χ1v) is 12.3. The number of nitriles is 1. The summed E-state index contributed by atoms with van der Waals surface area (Å²) in [5.41, 5.74) is 1.53. The van der Waals surface area contributed by atoms with Gasteiger partial charge >= 0.3 is 0 Å². The van der Waals surface area contributed by atoms with Gasteiger partial charge in [0.05, 0.1) is 11.3 Å². The molecule has 152 valence electrons. The second-order valence-electron chi connectivity index (χ2n) is 7.28. The van der Waals surface area contributed by atoms with Gasteiger partial charge in [-0.05, 0) is 45.0 Å². The van der Waals surface area contributed by atoms with Crippen LogP contribution in [-0.2, 0) is 23.0 Å². The number of fused-ring (bicyclic) bond motifs is 1. The van der Waals surface area contributed by atoms with E-state index in [2.05, 4.69) is 34.4 Å². The fourth-order valence-corrected chi connectivity index (χ4v) is 5.92. The lowest BCUT2D eigenvalue weighted by molar-refractivity contribution is 0.280. The molecule has 6 nitrogen and oxygen atoms in total. The lowest BCUT2D eigenvalue weighted by atomic mass is 10.0. The summed E-state index contributed by atoms with van der Waals surface area (Å²) in [5, 5.41) is 10.0. The van der Waals surface area contributed by atoms with E-state index in [0.29, 0.717) is 17.1 Å². The van der Waals surface area contributed by atoms with Crippen LogP contribution in [0, 0.1) is 11.3 Å². The number of anilines is 1. The lowest BCUT2D eigenvalue weighted by Crippen LogP contribution is -2.33. The molecule has 1 aromatic rings. The number of rotatable bonds is 11.